The third kappa shape index (κ3) is 3.07. The van der Waals surface area contributed by atoms with E-state index in [0.29, 0.717) is 24.3 Å². The number of hydrogen-bond acceptors (Lipinski definition) is 4. The Hall–Kier alpha value is -1.57. The van der Waals surface area contributed by atoms with Crippen LogP contribution >= 0.6 is 7.82 Å². The molecule has 1 aliphatic heterocycles. The number of hydrogen-bond donors (Lipinski definition) is 3. The average molecular weight is 448 g/mol. The van der Waals surface area contributed by atoms with Crippen molar-refractivity contribution in [3.8, 4) is 11.3 Å². The molecule has 166 valence electrons. The fraction of sp³-hybridized carbons (Fsp3) is 0.591. The van der Waals surface area contributed by atoms with Gasteiger partial charge in [-0.3, -0.25) is 4.52 Å². The van der Waals surface area contributed by atoms with Crippen LogP contribution in [-0.2, 0) is 9.09 Å². The van der Waals surface area contributed by atoms with Gasteiger partial charge in [0.05, 0.1) is 36.5 Å². The van der Waals surface area contributed by atoms with E-state index < -0.39 is 25.4 Å². The van der Waals surface area contributed by atoms with Crippen LogP contribution in [0.3, 0.4) is 0 Å². The Kier molecular flexibility index (Phi) is 4.35. The van der Waals surface area contributed by atoms with Gasteiger partial charge >= 0.3 is 7.82 Å². The largest absolute Gasteiger partial charge is 0.469 e. The first kappa shape index (κ1) is 20.1. The van der Waals surface area contributed by atoms with Crippen LogP contribution in [0.1, 0.15) is 50.1 Å². The number of rotatable bonds is 5. The van der Waals surface area contributed by atoms with Gasteiger partial charge in [-0.05, 0) is 67.8 Å². The number of halogens is 1. The van der Waals surface area contributed by atoms with Crippen molar-refractivity contribution in [1.82, 2.24) is 9.55 Å². The fourth-order valence-corrected chi connectivity index (χ4v) is 8.10. The zero-order chi connectivity index (χ0) is 21.5. The van der Waals surface area contributed by atoms with Crippen LogP contribution in [0.2, 0.25) is 0 Å². The van der Waals surface area contributed by atoms with Crippen LogP contribution in [0.15, 0.2) is 30.7 Å². The van der Waals surface area contributed by atoms with E-state index >= 15 is 0 Å². The molecule has 1 aromatic heterocycles. The van der Waals surface area contributed by atoms with E-state index in [1.807, 2.05) is 10.6 Å². The lowest BCUT2D eigenvalue weighted by Crippen LogP contribution is -2.57. The van der Waals surface area contributed by atoms with Crippen molar-refractivity contribution >= 4 is 7.82 Å². The maximum atomic E-state index is 14.9. The second-order valence-corrected chi connectivity index (χ2v) is 11.2. The lowest BCUT2D eigenvalue weighted by atomic mass is 9.47. The molecule has 7 nitrogen and oxygen atoms in total. The number of aromatic nitrogens is 2. The molecular weight excluding hydrogens is 422 g/mol. The molecule has 3 N–H and O–H groups in total. The van der Waals surface area contributed by atoms with Crippen LogP contribution < -0.4 is 0 Å². The number of fused-ring (bicyclic) bond motifs is 3. The highest BCUT2D eigenvalue weighted by Crippen LogP contribution is 2.64. The number of nitrogens with zero attached hydrogens (tertiary/aromatic N) is 2. The van der Waals surface area contributed by atoms with Gasteiger partial charge in [0, 0.05) is 11.1 Å². The molecule has 0 radical (unpaired) electrons. The molecule has 4 unspecified atom stereocenters. The smallest absolute Gasteiger partial charge is 0.393 e. The maximum absolute atomic E-state index is 14.9. The zero-order valence-electron chi connectivity index (χ0n) is 17.0. The quantitative estimate of drug-likeness (QED) is 0.604. The van der Waals surface area contributed by atoms with Crippen molar-refractivity contribution in [2.45, 2.75) is 56.8 Å². The van der Waals surface area contributed by atoms with Gasteiger partial charge in [0.1, 0.15) is 5.82 Å². The molecule has 4 atom stereocenters. The summed E-state index contributed by atoms with van der Waals surface area (Å²) in [7, 11) is -4.76. The lowest BCUT2D eigenvalue weighted by molar-refractivity contribution is -0.171. The van der Waals surface area contributed by atoms with Gasteiger partial charge in [-0.2, -0.15) is 0 Å². The molecule has 4 aliphatic carbocycles. The highest BCUT2D eigenvalue weighted by molar-refractivity contribution is 7.46. The van der Waals surface area contributed by atoms with E-state index in [1.54, 1.807) is 18.6 Å². The highest BCUT2D eigenvalue weighted by Gasteiger charge is 2.59. The molecule has 0 spiro atoms. The Morgan fingerprint density at radius 2 is 2.00 bits per heavy atom. The number of phosphoric acid groups is 1. The van der Waals surface area contributed by atoms with Crippen molar-refractivity contribution in [2.24, 2.45) is 23.2 Å². The summed E-state index contributed by atoms with van der Waals surface area (Å²) in [6.45, 7) is 0. The van der Waals surface area contributed by atoms with E-state index in [-0.39, 0.29) is 30.2 Å². The minimum absolute atomic E-state index is 0.144. The van der Waals surface area contributed by atoms with Crippen LogP contribution in [-0.4, -0.2) is 36.7 Å². The van der Waals surface area contributed by atoms with Crippen LogP contribution in [0.4, 0.5) is 4.39 Å². The molecular formula is C22H26FN2O5P. The molecule has 0 saturated heterocycles. The van der Waals surface area contributed by atoms with Gasteiger partial charge < -0.3 is 19.5 Å². The normalized spacial score (nSPS) is 36.5. The van der Waals surface area contributed by atoms with Gasteiger partial charge in [0.15, 0.2) is 0 Å². The standard InChI is InChI=1S/C22H26FN2O5P/c23-16-3-1-2-15-18-10-24-11-25(18)17(20(15)16)6-19(30-31(27,28)29)22-7-12-4-13(8-22)21(26)14(5-12)9-22/h1-3,10-14,17,19,21,26H,4-9H2,(H2,27,28,29). The average Bonchev–Trinajstić information content (AvgIpc) is 3.27. The summed E-state index contributed by atoms with van der Waals surface area (Å²) in [4.78, 5) is 23.8. The maximum Gasteiger partial charge on any atom is 0.469 e. The summed E-state index contributed by atoms with van der Waals surface area (Å²) >= 11 is 0. The summed E-state index contributed by atoms with van der Waals surface area (Å²) in [6.07, 6.45) is 6.68. The molecule has 0 amide bonds. The van der Waals surface area contributed by atoms with E-state index in [2.05, 4.69) is 4.98 Å². The Morgan fingerprint density at radius 3 is 2.71 bits per heavy atom. The third-order valence-electron chi connectivity index (χ3n) is 8.32. The van der Waals surface area contributed by atoms with Gasteiger partial charge in [-0.1, -0.05) is 12.1 Å². The Balaban J connectivity index is 1.41. The van der Waals surface area contributed by atoms with Gasteiger partial charge in [-0.25, -0.2) is 13.9 Å². The summed E-state index contributed by atoms with van der Waals surface area (Å²) in [5.74, 6) is 0.401. The first-order chi connectivity index (χ1) is 14.7. The molecule has 5 aliphatic rings. The second-order valence-electron chi connectivity index (χ2n) is 10.0. The Bertz CT molecular complexity index is 1070. The van der Waals surface area contributed by atoms with Gasteiger partial charge in [-0.15, -0.1) is 0 Å². The first-order valence-electron chi connectivity index (χ1n) is 11.0. The number of benzene rings is 1. The molecule has 4 fully saturated rings. The SMILES string of the molecule is O=P(O)(O)OC(CC1c2c(F)cccc2-c2cncn21)C12CC3CC(C1)C(O)C(C3)C2. The number of aliphatic hydroxyl groups excluding tert-OH is 1. The molecule has 9 heteroatoms. The minimum Gasteiger partial charge on any atom is -0.393 e. The number of phosphoric ester groups is 1. The second kappa shape index (κ2) is 6.72. The van der Waals surface area contributed by atoms with Crippen LogP contribution in [0.5, 0.6) is 0 Å². The van der Waals surface area contributed by atoms with E-state index in [0.717, 1.165) is 30.5 Å². The summed E-state index contributed by atoms with van der Waals surface area (Å²) in [6, 6.07) is 4.50. The van der Waals surface area contributed by atoms with E-state index in [9.17, 15) is 23.8 Å². The molecule has 2 heterocycles. The molecule has 2 aromatic rings. The lowest BCUT2D eigenvalue weighted by Gasteiger charge is -2.61. The summed E-state index contributed by atoms with van der Waals surface area (Å²) in [5.41, 5.74) is 1.68. The van der Waals surface area contributed by atoms with E-state index in [4.69, 9.17) is 4.52 Å². The molecule has 31 heavy (non-hydrogen) atoms. The van der Waals surface area contributed by atoms with Crippen molar-refractivity contribution in [3.63, 3.8) is 0 Å². The van der Waals surface area contributed by atoms with Crippen LogP contribution in [0, 0.1) is 29.0 Å². The monoisotopic (exact) mass is 448 g/mol. The predicted octanol–water partition coefficient (Wildman–Crippen LogP) is 3.65. The zero-order valence-corrected chi connectivity index (χ0v) is 17.9. The van der Waals surface area contributed by atoms with Gasteiger partial charge in [0.25, 0.3) is 0 Å². The van der Waals surface area contributed by atoms with Crippen molar-refractivity contribution in [1.29, 1.82) is 0 Å². The van der Waals surface area contributed by atoms with E-state index in [1.165, 1.54) is 6.07 Å². The molecule has 1 aromatic carbocycles. The summed E-state index contributed by atoms with van der Waals surface area (Å²) < 4.78 is 34.3. The minimum atomic E-state index is -4.76. The van der Waals surface area contributed by atoms with Crippen molar-refractivity contribution in [3.05, 3.63) is 42.1 Å². The number of aliphatic hydroxyl groups is 1. The van der Waals surface area contributed by atoms with Crippen molar-refractivity contribution in [2.75, 3.05) is 0 Å². The molecule has 4 bridgehead atoms. The van der Waals surface area contributed by atoms with Crippen molar-refractivity contribution < 1.29 is 28.4 Å². The van der Waals surface area contributed by atoms with Gasteiger partial charge in [0.2, 0.25) is 0 Å². The highest BCUT2D eigenvalue weighted by atomic mass is 31.2. The molecule has 4 saturated carbocycles. The first-order valence-corrected chi connectivity index (χ1v) is 12.5. The summed E-state index contributed by atoms with van der Waals surface area (Å²) in [5, 5.41) is 10.7. The predicted molar refractivity (Wildman–Crippen MR) is 109 cm³/mol. The third-order valence-corrected chi connectivity index (χ3v) is 8.85. The Morgan fingerprint density at radius 1 is 1.26 bits per heavy atom. The van der Waals surface area contributed by atoms with Crippen LogP contribution in [0.25, 0.3) is 11.3 Å². The topological polar surface area (TPSA) is 105 Å². The number of imidazole rings is 1. The Labute approximate surface area is 179 Å². The molecule has 7 rings (SSSR count). The fourth-order valence-electron chi connectivity index (χ4n) is 7.46.